The van der Waals surface area contributed by atoms with Crippen LogP contribution in [-0.4, -0.2) is 40.5 Å². The van der Waals surface area contributed by atoms with Crippen molar-refractivity contribution in [3.8, 4) is 12.5 Å². The number of carbonyl (C=O) groups excluding carboxylic acids is 3. The van der Waals surface area contributed by atoms with E-state index in [4.69, 9.17) is 11.2 Å². The maximum Gasteiger partial charge on any atom is 0.408 e. The SMILES string of the molecule is C#CN(C(=O)C(NC(=O)OC(C)(C)C)C(C)C)C(C(=O)NC(C)C)c1ccc(C)cc1C. The van der Waals surface area contributed by atoms with Gasteiger partial charge in [0.1, 0.15) is 17.7 Å². The Morgan fingerprint density at radius 3 is 2.09 bits per heavy atom. The number of hydrogen-bond donors (Lipinski definition) is 2. The molecule has 2 atom stereocenters. The van der Waals surface area contributed by atoms with E-state index >= 15 is 0 Å². The highest BCUT2D eigenvalue weighted by Gasteiger charge is 2.37. The lowest BCUT2D eigenvalue weighted by Crippen LogP contribution is -2.54. The van der Waals surface area contributed by atoms with E-state index in [0.29, 0.717) is 5.56 Å². The number of ether oxygens (including phenoxy) is 1. The molecule has 1 rings (SSSR count). The predicted octanol–water partition coefficient (Wildman–Crippen LogP) is 3.84. The number of carbonyl (C=O) groups is 3. The van der Waals surface area contributed by atoms with E-state index in [1.165, 1.54) is 0 Å². The van der Waals surface area contributed by atoms with Crippen LogP contribution in [0.25, 0.3) is 0 Å². The highest BCUT2D eigenvalue weighted by Crippen LogP contribution is 2.27. The molecule has 0 radical (unpaired) electrons. The zero-order valence-corrected chi connectivity index (χ0v) is 20.7. The number of aryl methyl sites for hydroxylation is 2. The molecule has 7 nitrogen and oxygen atoms in total. The Hall–Kier alpha value is -3.01. The third kappa shape index (κ3) is 7.60. The molecule has 0 saturated carbocycles. The molecule has 0 fully saturated rings. The van der Waals surface area contributed by atoms with Crippen molar-refractivity contribution in [2.75, 3.05) is 0 Å². The second kappa shape index (κ2) is 11.0. The Morgan fingerprint density at radius 2 is 1.66 bits per heavy atom. The van der Waals surface area contributed by atoms with Gasteiger partial charge < -0.3 is 15.4 Å². The Balaban J connectivity index is 3.41. The van der Waals surface area contributed by atoms with Crippen molar-refractivity contribution in [3.63, 3.8) is 0 Å². The molecular weight excluding hydrogens is 406 g/mol. The van der Waals surface area contributed by atoms with Crippen molar-refractivity contribution in [1.29, 1.82) is 0 Å². The van der Waals surface area contributed by atoms with Crippen molar-refractivity contribution in [2.45, 2.75) is 86.0 Å². The van der Waals surface area contributed by atoms with Crippen molar-refractivity contribution in [1.82, 2.24) is 15.5 Å². The van der Waals surface area contributed by atoms with Crippen LogP contribution in [0.3, 0.4) is 0 Å². The Bertz CT molecular complexity index is 878. The van der Waals surface area contributed by atoms with E-state index in [-0.39, 0.29) is 12.0 Å². The Morgan fingerprint density at radius 1 is 1.06 bits per heavy atom. The van der Waals surface area contributed by atoms with Gasteiger partial charge >= 0.3 is 6.09 Å². The number of alkyl carbamates (subject to hydrolysis) is 1. The third-order valence-electron chi connectivity index (χ3n) is 4.64. The monoisotopic (exact) mass is 443 g/mol. The zero-order valence-electron chi connectivity index (χ0n) is 20.7. The number of hydrogen-bond acceptors (Lipinski definition) is 4. The van der Waals surface area contributed by atoms with Gasteiger partial charge in [0.15, 0.2) is 0 Å². The molecule has 0 saturated heterocycles. The molecule has 0 aliphatic carbocycles. The van der Waals surface area contributed by atoms with Crippen LogP contribution in [0.1, 0.15) is 71.2 Å². The molecule has 0 spiro atoms. The average Bonchev–Trinajstić information content (AvgIpc) is 2.62. The molecule has 3 amide bonds. The van der Waals surface area contributed by atoms with Crippen molar-refractivity contribution < 1.29 is 19.1 Å². The van der Waals surface area contributed by atoms with E-state index in [9.17, 15) is 14.4 Å². The average molecular weight is 444 g/mol. The smallest absolute Gasteiger partial charge is 0.408 e. The molecule has 0 aromatic heterocycles. The molecule has 176 valence electrons. The molecule has 0 aliphatic heterocycles. The summed E-state index contributed by atoms with van der Waals surface area (Å²) in [6, 6.07) is 5.83. The lowest BCUT2D eigenvalue weighted by molar-refractivity contribution is -0.139. The predicted molar refractivity (Wildman–Crippen MR) is 126 cm³/mol. The third-order valence-corrected chi connectivity index (χ3v) is 4.64. The van der Waals surface area contributed by atoms with Crippen LogP contribution in [0.15, 0.2) is 18.2 Å². The van der Waals surface area contributed by atoms with E-state index in [1.54, 1.807) is 40.7 Å². The maximum atomic E-state index is 13.5. The second-order valence-electron chi connectivity index (χ2n) is 9.63. The summed E-state index contributed by atoms with van der Waals surface area (Å²) in [5.41, 5.74) is 1.77. The molecule has 1 aromatic carbocycles. The highest BCUT2D eigenvalue weighted by atomic mass is 16.6. The molecular formula is C25H37N3O4. The first-order valence-corrected chi connectivity index (χ1v) is 10.8. The van der Waals surface area contributed by atoms with Gasteiger partial charge in [-0.15, -0.1) is 0 Å². The summed E-state index contributed by atoms with van der Waals surface area (Å²) in [5.74, 6) is -1.24. The van der Waals surface area contributed by atoms with Gasteiger partial charge in [0.2, 0.25) is 5.91 Å². The molecule has 0 heterocycles. The summed E-state index contributed by atoms with van der Waals surface area (Å²) < 4.78 is 5.31. The van der Waals surface area contributed by atoms with Gasteiger partial charge in [-0.3, -0.25) is 14.5 Å². The fourth-order valence-electron chi connectivity index (χ4n) is 3.26. The fourth-order valence-corrected chi connectivity index (χ4v) is 3.26. The molecule has 2 N–H and O–H groups in total. The molecule has 32 heavy (non-hydrogen) atoms. The lowest BCUT2D eigenvalue weighted by Gasteiger charge is -2.32. The van der Waals surface area contributed by atoms with E-state index in [1.807, 2.05) is 39.8 Å². The van der Waals surface area contributed by atoms with Crippen molar-refractivity contribution in [3.05, 3.63) is 34.9 Å². The second-order valence-corrected chi connectivity index (χ2v) is 9.63. The molecule has 0 aliphatic rings. The van der Waals surface area contributed by atoms with Crippen LogP contribution in [0.2, 0.25) is 0 Å². The van der Waals surface area contributed by atoms with E-state index in [2.05, 4.69) is 16.7 Å². The van der Waals surface area contributed by atoms with Gasteiger partial charge in [-0.1, -0.05) is 44.0 Å². The number of nitrogens with one attached hydrogen (secondary N) is 2. The molecule has 0 bridgehead atoms. The van der Waals surface area contributed by atoms with Gasteiger partial charge in [-0.05, 0) is 65.5 Å². The summed E-state index contributed by atoms with van der Waals surface area (Å²) in [6.07, 6.45) is 5.04. The minimum atomic E-state index is -1.04. The summed E-state index contributed by atoms with van der Waals surface area (Å²) in [4.78, 5) is 40.2. The van der Waals surface area contributed by atoms with Gasteiger partial charge in [0, 0.05) is 12.1 Å². The first-order chi connectivity index (χ1) is 14.7. The van der Waals surface area contributed by atoms with Crippen molar-refractivity contribution in [2.24, 2.45) is 5.92 Å². The first-order valence-electron chi connectivity index (χ1n) is 10.8. The van der Waals surface area contributed by atoms with Gasteiger partial charge in [0.25, 0.3) is 5.91 Å². The summed E-state index contributed by atoms with van der Waals surface area (Å²) in [7, 11) is 0. The van der Waals surface area contributed by atoms with E-state index < -0.39 is 35.6 Å². The highest BCUT2D eigenvalue weighted by molar-refractivity contribution is 5.93. The van der Waals surface area contributed by atoms with Crippen molar-refractivity contribution >= 4 is 17.9 Å². The number of terminal acetylenes is 1. The van der Waals surface area contributed by atoms with Crippen LogP contribution in [-0.2, 0) is 14.3 Å². The number of nitrogens with zero attached hydrogens (tertiary/aromatic N) is 1. The van der Waals surface area contributed by atoms with Gasteiger partial charge in [-0.2, -0.15) is 0 Å². The van der Waals surface area contributed by atoms with Crippen LogP contribution in [0, 0.1) is 32.2 Å². The van der Waals surface area contributed by atoms with Crippen LogP contribution >= 0.6 is 0 Å². The zero-order chi connectivity index (χ0) is 24.8. The van der Waals surface area contributed by atoms with Gasteiger partial charge in [-0.25, -0.2) is 4.79 Å². The Kier molecular flexibility index (Phi) is 9.32. The fraction of sp³-hybridized carbons (Fsp3) is 0.560. The van der Waals surface area contributed by atoms with Crippen LogP contribution < -0.4 is 10.6 Å². The number of benzene rings is 1. The van der Waals surface area contributed by atoms with Crippen LogP contribution in [0.4, 0.5) is 4.79 Å². The summed E-state index contributed by atoms with van der Waals surface area (Å²) in [5, 5.41) is 5.47. The Labute approximate surface area is 192 Å². The largest absolute Gasteiger partial charge is 0.444 e. The molecule has 1 aromatic rings. The summed E-state index contributed by atoms with van der Waals surface area (Å²) >= 11 is 0. The summed E-state index contributed by atoms with van der Waals surface area (Å²) in [6.45, 7) is 16.3. The van der Waals surface area contributed by atoms with Gasteiger partial charge in [0.05, 0.1) is 0 Å². The minimum Gasteiger partial charge on any atom is -0.444 e. The number of rotatable bonds is 7. The normalized spacial score (nSPS) is 13.2. The standard InChI is InChI=1S/C25H37N3O4/c1-11-28(23(30)20(15(2)3)27-24(31)32-25(8,9)10)21(22(29)26-16(4)5)19-13-12-17(6)14-18(19)7/h1,12-16,20-21H,2-10H3,(H,26,29)(H,27,31). The maximum absolute atomic E-state index is 13.5. The molecule has 2 unspecified atom stereocenters. The first kappa shape index (κ1) is 27.0. The van der Waals surface area contributed by atoms with E-state index in [0.717, 1.165) is 16.0 Å². The lowest BCUT2D eigenvalue weighted by atomic mass is 9.95. The quantitative estimate of drug-likeness (QED) is 0.495. The number of amides is 3. The van der Waals surface area contributed by atoms with Crippen LogP contribution in [0.5, 0.6) is 0 Å². The topological polar surface area (TPSA) is 87.7 Å². The minimum absolute atomic E-state index is 0.147. The molecule has 7 heteroatoms.